The molecule has 1 amide bonds. The van der Waals surface area contributed by atoms with Crippen LogP contribution in [0.4, 0.5) is 5.69 Å². The summed E-state index contributed by atoms with van der Waals surface area (Å²) in [5, 5.41) is 11.7. The lowest BCUT2D eigenvalue weighted by Gasteiger charge is -2.20. The van der Waals surface area contributed by atoms with E-state index in [-0.39, 0.29) is 25.0 Å². The van der Waals surface area contributed by atoms with Crippen LogP contribution in [0.25, 0.3) is 0 Å². The van der Waals surface area contributed by atoms with Crippen molar-refractivity contribution in [2.75, 3.05) is 31.2 Å². The van der Waals surface area contributed by atoms with Crippen LogP contribution in [-0.2, 0) is 16.0 Å². The van der Waals surface area contributed by atoms with Crippen LogP contribution in [0.1, 0.15) is 19.2 Å². The molecule has 28 heavy (non-hydrogen) atoms. The quantitative estimate of drug-likeness (QED) is 0.747. The topological polar surface area (TPSA) is 100 Å². The SMILES string of the molecule is CCOCC(=O)NC1CCN(c2cccc(Oc3cnc(CC#N)nc3)c2)C1. The average Bonchev–Trinajstić information content (AvgIpc) is 3.17. The standard InChI is InChI=1S/C20H23N5O3/c1-2-27-14-20(26)24-15-7-9-25(13-15)16-4-3-5-17(10-16)28-18-11-22-19(6-8-21)23-12-18/h3-5,10-12,15H,2,6-7,9,13-14H2,1H3,(H,24,26). The van der Waals surface area contributed by atoms with E-state index in [1.54, 1.807) is 12.4 Å². The fourth-order valence-electron chi connectivity index (χ4n) is 3.01. The molecule has 2 aromatic rings. The number of aromatic nitrogens is 2. The predicted molar refractivity (Wildman–Crippen MR) is 103 cm³/mol. The Labute approximate surface area is 164 Å². The van der Waals surface area contributed by atoms with Gasteiger partial charge in [-0.1, -0.05) is 6.07 Å². The summed E-state index contributed by atoms with van der Waals surface area (Å²) < 4.78 is 11.0. The molecule has 1 aliphatic heterocycles. The molecule has 1 fully saturated rings. The number of hydrogen-bond donors (Lipinski definition) is 1. The van der Waals surface area contributed by atoms with Gasteiger partial charge < -0.3 is 19.7 Å². The molecule has 1 aromatic carbocycles. The Morgan fingerprint density at radius 2 is 2.18 bits per heavy atom. The van der Waals surface area contributed by atoms with Gasteiger partial charge in [0.15, 0.2) is 5.75 Å². The Bertz CT molecular complexity index is 834. The van der Waals surface area contributed by atoms with E-state index in [9.17, 15) is 4.79 Å². The highest BCUT2D eigenvalue weighted by atomic mass is 16.5. The molecule has 8 heteroatoms. The van der Waals surface area contributed by atoms with Gasteiger partial charge in [0, 0.05) is 37.5 Å². The number of hydrogen-bond acceptors (Lipinski definition) is 7. The van der Waals surface area contributed by atoms with E-state index >= 15 is 0 Å². The van der Waals surface area contributed by atoms with Gasteiger partial charge in [0.2, 0.25) is 5.91 Å². The number of ether oxygens (including phenoxy) is 2. The summed E-state index contributed by atoms with van der Waals surface area (Å²) in [5.74, 6) is 1.59. The number of carbonyl (C=O) groups excluding carboxylic acids is 1. The van der Waals surface area contributed by atoms with Gasteiger partial charge in [-0.05, 0) is 25.5 Å². The third kappa shape index (κ3) is 5.41. The first-order valence-electron chi connectivity index (χ1n) is 9.25. The van der Waals surface area contributed by atoms with Crippen LogP contribution in [0, 0.1) is 11.3 Å². The van der Waals surface area contributed by atoms with Crippen LogP contribution in [0.3, 0.4) is 0 Å². The normalized spacial score (nSPS) is 15.9. The zero-order chi connectivity index (χ0) is 19.8. The maximum atomic E-state index is 11.8. The summed E-state index contributed by atoms with van der Waals surface area (Å²) in [7, 11) is 0. The molecule has 1 saturated heterocycles. The molecule has 1 atom stereocenters. The first-order valence-corrected chi connectivity index (χ1v) is 9.25. The lowest BCUT2D eigenvalue weighted by molar-refractivity contribution is -0.126. The third-order valence-corrected chi connectivity index (χ3v) is 4.33. The number of carbonyl (C=O) groups is 1. The van der Waals surface area contributed by atoms with Gasteiger partial charge in [-0.25, -0.2) is 9.97 Å². The van der Waals surface area contributed by atoms with E-state index in [1.807, 2.05) is 37.3 Å². The van der Waals surface area contributed by atoms with Crippen LogP contribution >= 0.6 is 0 Å². The van der Waals surface area contributed by atoms with E-state index < -0.39 is 0 Å². The van der Waals surface area contributed by atoms with Gasteiger partial charge in [-0.3, -0.25) is 4.79 Å². The molecule has 1 aromatic heterocycles. The lowest BCUT2D eigenvalue weighted by Crippen LogP contribution is -2.39. The van der Waals surface area contributed by atoms with Gasteiger partial charge in [0.25, 0.3) is 0 Å². The van der Waals surface area contributed by atoms with Crippen LogP contribution < -0.4 is 15.0 Å². The van der Waals surface area contributed by atoms with Crippen LogP contribution in [-0.4, -0.2) is 48.2 Å². The van der Waals surface area contributed by atoms with E-state index in [1.165, 1.54) is 0 Å². The second kappa shape index (κ2) is 9.67. The Morgan fingerprint density at radius 1 is 1.36 bits per heavy atom. The van der Waals surface area contributed by atoms with Crippen molar-refractivity contribution in [2.24, 2.45) is 0 Å². The van der Waals surface area contributed by atoms with E-state index in [0.717, 1.165) is 25.2 Å². The first kappa shape index (κ1) is 19.6. The third-order valence-electron chi connectivity index (χ3n) is 4.33. The maximum absolute atomic E-state index is 11.8. The van der Waals surface area contributed by atoms with Crippen LogP contribution in [0.5, 0.6) is 11.5 Å². The Morgan fingerprint density at radius 3 is 2.93 bits per heavy atom. The largest absolute Gasteiger partial charge is 0.454 e. The molecule has 1 unspecified atom stereocenters. The fraction of sp³-hybridized carbons (Fsp3) is 0.400. The molecule has 2 heterocycles. The Kier molecular flexibility index (Phi) is 6.76. The molecule has 1 N–H and O–H groups in total. The number of nitriles is 1. The molecule has 0 aliphatic carbocycles. The number of amides is 1. The predicted octanol–water partition coefficient (Wildman–Crippen LogP) is 2.07. The Balaban J connectivity index is 1.57. The minimum Gasteiger partial charge on any atom is -0.454 e. The molecule has 1 aliphatic rings. The molecule has 0 spiro atoms. The van der Waals surface area contributed by atoms with Crippen LogP contribution in [0.2, 0.25) is 0 Å². The molecular weight excluding hydrogens is 358 g/mol. The number of nitrogens with zero attached hydrogens (tertiary/aromatic N) is 4. The maximum Gasteiger partial charge on any atom is 0.246 e. The summed E-state index contributed by atoms with van der Waals surface area (Å²) in [5.41, 5.74) is 1.03. The summed E-state index contributed by atoms with van der Waals surface area (Å²) in [4.78, 5) is 22.2. The molecule has 0 saturated carbocycles. The highest BCUT2D eigenvalue weighted by molar-refractivity contribution is 5.77. The van der Waals surface area contributed by atoms with E-state index in [2.05, 4.69) is 20.2 Å². The smallest absolute Gasteiger partial charge is 0.246 e. The monoisotopic (exact) mass is 381 g/mol. The highest BCUT2D eigenvalue weighted by Crippen LogP contribution is 2.27. The van der Waals surface area contributed by atoms with Crippen molar-refractivity contribution in [3.05, 3.63) is 42.5 Å². The molecular formula is C20H23N5O3. The van der Waals surface area contributed by atoms with Crippen molar-refractivity contribution >= 4 is 11.6 Å². The van der Waals surface area contributed by atoms with Crippen molar-refractivity contribution in [3.63, 3.8) is 0 Å². The van der Waals surface area contributed by atoms with E-state index in [0.29, 0.717) is 23.9 Å². The minimum absolute atomic E-state index is 0.0781. The second-order valence-electron chi connectivity index (χ2n) is 6.41. The zero-order valence-corrected chi connectivity index (χ0v) is 15.8. The number of benzene rings is 1. The lowest BCUT2D eigenvalue weighted by atomic mass is 10.2. The van der Waals surface area contributed by atoms with Crippen molar-refractivity contribution < 1.29 is 14.3 Å². The summed E-state index contributed by atoms with van der Waals surface area (Å²) in [6.45, 7) is 4.10. The molecule has 0 radical (unpaired) electrons. The first-order chi connectivity index (χ1) is 13.7. The van der Waals surface area contributed by atoms with Crippen LogP contribution in [0.15, 0.2) is 36.7 Å². The highest BCUT2D eigenvalue weighted by Gasteiger charge is 2.24. The van der Waals surface area contributed by atoms with Gasteiger partial charge in [0.05, 0.1) is 24.9 Å². The molecule has 3 rings (SSSR count). The summed E-state index contributed by atoms with van der Waals surface area (Å²) in [6.07, 6.45) is 4.18. The molecule has 146 valence electrons. The summed E-state index contributed by atoms with van der Waals surface area (Å²) in [6, 6.07) is 9.88. The second-order valence-corrected chi connectivity index (χ2v) is 6.41. The van der Waals surface area contributed by atoms with E-state index in [4.69, 9.17) is 14.7 Å². The van der Waals surface area contributed by atoms with Gasteiger partial charge in [-0.15, -0.1) is 0 Å². The minimum atomic E-state index is -0.0781. The Hall–Kier alpha value is -3.18. The van der Waals surface area contributed by atoms with Crippen molar-refractivity contribution in [1.29, 1.82) is 5.26 Å². The van der Waals surface area contributed by atoms with Crippen molar-refractivity contribution in [3.8, 4) is 17.6 Å². The number of anilines is 1. The molecule has 0 bridgehead atoms. The number of rotatable bonds is 8. The van der Waals surface area contributed by atoms with Gasteiger partial charge >= 0.3 is 0 Å². The van der Waals surface area contributed by atoms with Crippen molar-refractivity contribution in [2.45, 2.75) is 25.8 Å². The fourth-order valence-corrected chi connectivity index (χ4v) is 3.01. The van der Waals surface area contributed by atoms with Gasteiger partial charge in [-0.2, -0.15) is 5.26 Å². The molecule has 8 nitrogen and oxygen atoms in total. The average molecular weight is 381 g/mol. The van der Waals surface area contributed by atoms with Crippen molar-refractivity contribution in [1.82, 2.24) is 15.3 Å². The summed E-state index contributed by atoms with van der Waals surface area (Å²) >= 11 is 0. The zero-order valence-electron chi connectivity index (χ0n) is 15.8. The number of nitrogens with one attached hydrogen (secondary N) is 1. The van der Waals surface area contributed by atoms with Gasteiger partial charge in [0.1, 0.15) is 18.2 Å².